The summed E-state index contributed by atoms with van der Waals surface area (Å²) in [4.78, 5) is 33.0. The first kappa shape index (κ1) is 22.7. The fraction of sp³-hybridized carbons (Fsp3) is 0.379. The standard InChI is InChI=1S/C29H29N5O2S/c1-17-25-22(27(35)31-32-28(36)29-14-18-10-19(15-29)12-20(11-18)16-29)13-23(24-8-5-9-37-24)30-26(25)34(33-17)21-6-3-2-4-7-21/h2-9,13,18-20H,10-12,14-16H2,1H3,(H,31,35)(H,32,36). The van der Waals surface area contributed by atoms with Gasteiger partial charge in [-0.3, -0.25) is 20.4 Å². The SMILES string of the molecule is Cc1nn(-c2ccccc2)c2nc(-c3cccs3)cc(C(=O)NNC(=O)C34CC5CC(CC(C5)C3)C4)c12. The maximum absolute atomic E-state index is 13.6. The van der Waals surface area contributed by atoms with Gasteiger partial charge in [0.05, 0.1) is 38.3 Å². The molecule has 3 heterocycles. The number of pyridine rings is 1. The van der Waals surface area contributed by atoms with E-state index in [1.165, 1.54) is 19.3 Å². The van der Waals surface area contributed by atoms with E-state index in [2.05, 4.69) is 10.9 Å². The summed E-state index contributed by atoms with van der Waals surface area (Å²) < 4.78 is 1.78. The Hall–Kier alpha value is -3.52. The lowest BCUT2D eigenvalue weighted by atomic mass is 9.49. The molecule has 2 N–H and O–H groups in total. The molecule has 0 radical (unpaired) electrons. The molecule has 4 saturated carbocycles. The van der Waals surface area contributed by atoms with E-state index in [-0.39, 0.29) is 17.2 Å². The molecule has 1 aromatic carbocycles. The summed E-state index contributed by atoms with van der Waals surface area (Å²) in [5.74, 6) is 1.60. The smallest absolute Gasteiger partial charge is 0.270 e. The summed E-state index contributed by atoms with van der Waals surface area (Å²) in [5.41, 5.74) is 8.63. The average molecular weight is 512 g/mol. The second-order valence-electron chi connectivity index (χ2n) is 11.2. The van der Waals surface area contributed by atoms with Gasteiger partial charge in [-0.25, -0.2) is 9.67 Å². The highest BCUT2D eigenvalue weighted by Gasteiger charge is 2.54. The minimum atomic E-state index is -0.348. The van der Waals surface area contributed by atoms with Gasteiger partial charge in [0.2, 0.25) is 5.91 Å². The molecule has 4 aromatic rings. The molecule has 0 atom stereocenters. The van der Waals surface area contributed by atoms with Crippen LogP contribution in [-0.4, -0.2) is 26.6 Å². The van der Waals surface area contributed by atoms with Gasteiger partial charge >= 0.3 is 0 Å². The minimum Gasteiger partial charge on any atom is -0.273 e. The van der Waals surface area contributed by atoms with Gasteiger partial charge < -0.3 is 0 Å². The van der Waals surface area contributed by atoms with Gasteiger partial charge in [-0.2, -0.15) is 5.10 Å². The number of thiophene rings is 1. The van der Waals surface area contributed by atoms with Gasteiger partial charge in [-0.05, 0) is 92.8 Å². The molecule has 4 bridgehead atoms. The van der Waals surface area contributed by atoms with Crippen LogP contribution in [0, 0.1) is 30.1 Å². The molecule has 7 nitrogen and oxygen atoms in total. The lowest BCUT2D eigenvalue weighted by Gasteiger charge is -2.55. The maximum atomic E-state index is 13.6. The van der Waals surface area contributed by atoms with Gasteiger partial charge in [0.15, 0.2) is 5.65 Å². The first-order chi connectivity index (χ1) is 18.0. The van der Waals surface area contributed by atoms with Crippen molar-refractivity contribution in [3.8, 4) is 16.3 Å². The summed E-state index contributed by atoms with van der Waals surface area (Å²) in [6.07, 6.45) is 6.65. The van der Waals surface area contributed by atoms with Crippen molar-refractivity contribution in [2.75, 3.05) is 0 Å². The molecule has 0 unspecified atom stereocenters. The van der Waals surface area contributed by atoms with Crippen LogP contribution in [0.5, 0.6) is 0 Å². The second-order valence-corrected chi connectivity index (χ2v) is 12.1. The molecular formula is C29H29N5O2S. The topological polar surface area (TPSA) is 88.9 Å². The quantitative estimate of drug-likeness (QED) is 0.357. The van der Waals surface area contributed by atoms with Crippen molar-refractivity contribution in [3.05, 3.63) is 65.2 Å². The fourth-order valence-electron chi connectivity index (χ4n) is 7.47. The highest BCUT2D eigenvalue weighted by Crippen LogP contribution is 2.60. The summed E-state index contributed by atoms with van der Waals surface area (Å²) >= 11 is 1.57. The normalized spacial score (nSPS) is 25.9. The number of para-hydroxylation sites is 1. The molecule has 4 aliphatic carbocycles. The van der Waals surface area contributed by atoms with Crippen molar-refractivity contribution in [2.24, 2.45) is 23.2 Å². The third-order valence-electron chi connectivity index (χ3n) is 8.64. The van der Waals surface area contributed by atoms with Crippen molar-refractivity contribution in [3.63, 3.8) is 0 Å². The molecule has 8 heteroatoms. The molecule has 37 heavy (non-hydrogen) atoms. The van der Waals surface area contributed by atoms with E-state index >= 15 is 0 Å². The molecule has 0 saturated heterocycles. The number of benzene rings is 1. The Labute approximate surface area is 219 Å². The molecule has 188 valence electrons. The zero-order valence-electron chi connectivity index (χ0n) is 20.7. The number of hydrazine groups is 1. The van der Waals surface area contributed by atoms with Gasteiger partial charge in [0.25, 0.3) is 5.91 Å². The summed E-state index contributed by atoms with van der Waals surface area (Å²) in [6.45, 7) is 1.89. The van der Waals surface area contributed by atoms with Crippen LogP contribution in [0.25, 0.3) is 27.3 Å². The molecular weight excluding hydrogens is 482 g/mol. The van der Waals surface area contributed by atoms with Gasteiger partial charge in [-0.15, -0.1) is 11.3 Å². The number of nitrogens with zero attached hydrogens (tertiary/aromatic N) is 3. The van der Waals surface area contributed by atoms with Crippen molar-refractivity contribution in [1.29, 1.82) is 0 Å². The predicted octanol–water partition coefficient (Wildman–Crippen LogP) is 5.43. The van der Waals surface area contributed by atoms with E-state index in [1.54, 1.807) is 16.0 Å². The Morgan fingerprint density at radius 3 is 2.32 bits per heavy atom. The Bertz CT molecular complexity index is 1470. The molecule has 4 aliphatic rings. The first-order valence-corrected chi connectivity index (χ1v) is 14.0. The Balaban J connectivity index is 1.23. The summed E-state index contributed by atoms with van der Waals surface area (Å²) in [6, 6.07) is 15.6. The Kier molecular flexibility index (Phi) is 5.22. The minimum absolute atomic E-state index is 0.0274. The highest BCUT2D eigenvalue weighted by atomic mass is 32.1. The predicted molar refractivity (Wildman–Crippen MR) is 143 cm³/mol. The number of nitrogens with one attached hydrogen (secondary N) is 2. The van der Waals surface area contributed by atoms with Crippen molar-refractivity contribution < 1.29 is 9.59 Å². The van der Waals surface area contributed by atoms with Crippen LogP contribution >= 0.6 is 11.3 Å². The molecule has 3 aromatic heterocycles. The van der Waals surface area contributed by atoms with Crippen LogP contribution in [0.3, 0.4) is 0 Å². The van der Waals surface area contributed by atoms with Crippen LogP contribution in [0.1, 0.15) is 54.6 Å². The monoisotopic (exact) mass is 511 g/mol. The van der Waals surface area contributed by atoms with Crippen LogP contribution in [0.4, 0.5) is 0 Å². The third kappa shape index (κ3) is 3.77. The number of hydrogen-bond acceptors (Lipinski definition) is 5. The number of hydrogen-bond donors (Lipinski definition) is 2. The fourth-order valence-corrected chi connectivity index (χ4v) is 8.16. The molecule has 2 amide bonds. The van der Waals surface area contributed by atoms with E-state index in [9.17, 15) is 9.59 Å². The number of rotatable bonds is 4. The van der Waals surface area contributed by atoms with Gasteiger partial charge in [0.1, 0.15) is 0 Å². The van der Waals surface area contributed by atoms with Crippen molar-refractivity contribution in [2.45, 2.75) is 45.4 Å². The van der Waals surface area contributed by atoms with E-state index in [1.807, 2.05) is 60.8 Å². The van der Waals surface area contributed by atoms with Crippen LogP contribution in [0.2, 0.25) is 0 Å². The van der Waals surface area contributed by atoms with Crippen LogP contribution in [-0.2, 0) is 4.79 Å². The average Bonchev–Trinajstić information content (AvgIpc) is 3.55. The van der Waals surface area contributed by atoms with Gasteiger partial charge in [-0.1, -0.05) is 24.3 Å². The Morgan fingerprint density at radius 2 is 1.68 bits per heavy atom. The van der Waals surface area contributed by atoms with Crippen molar-refractivity contribution >= 4 is 34.2 Å². The van der Waals surface area contributed by atoms with Gasteiger partial charge in [0, 0.05) is 0 Å². The number of amides is 2. The van der Waals surface area contributed by atoms with E-state index in [4.69, 9.17) is 10.1 Å². The van der Waals surface area contributed by atoms with Crippen molar-refractivity contribution in [1.82, 2.24) is 25.6 Å². The van der Waals surface area contributed by atoms with E-state index < -0.39 is 0 Å². The maximum Gasteiger partial charge on any atom is 0.270 e. The molecule has 4 fully saturated rings. The Morgan fingerprint density at radius 1 is 0.973 bits per heavy atom. The highest BCUT2D eigenvalue weighted by molar-refractivity contribution is 7.13. The lowest BCUT2D eigenvalue weighted by molar-refractivity contribution is -0.147. The zero-order chi connectivity index (χ0) is 25.1. The van der Waals surface area contributed by atoms with E-state index in [0.717, 1.165) is 29.8 Å². The number of fused-ring (bicyclic) bond motifs is 1. The summed E-state index contributed by atoms with van der Waals surface area (Å²) in [5, 5.41) is 7.42. The molecule has 8 rings (SSSR count). The largest absolute Gasteiger partial charge is 0.273 e. The van der Waals surface area contributed by atoms with Crippen LogP contribution in [0.15, 0.2) is 53.9 Å². The van der Waals surface area contributed by atoms with Crippen LogP contribution < -0.4 is 10.9 Å². The summed E-state index contributed by atoms with van der Waals surface area (Å²) in [7, 11) is 0. The molecule has 0 spiro atoms. The number of carbonyl (C=O) groups excluding carboxylic acids is 2. The van der Waals surface area contributed by atoms with E-state index in [0.29, 0.717) is 45.7 Å². The molecule has 0 aliphatic heterocycles. The zero-order valence-corrected chi connectivity index (χ0v) is 21.6. The lowest BCUT2D eigenvalue weighted by Crippen LogP contribution is -2.56. The number of aryl methyl sites for hydroxylation is 1. The third-order valence-corrected chi connectivity index (χ3v) is 9.53. The number of aromatic nitrogens is 3. The number of carbonyl (C=O) groups is 2. The second kappa shape index (κ2) is 8.52. The first-order valence-electron chi connectivity index (χ1n) is 13.1.